The number of carboxylic acid groups (broad SMARTS) is 1. The van der Waals surface area contributed by atoms with Crippen LogP contribution >= 0.6 is 0 Å². The van der Waals surface area contributed by atoms with Gasteiger partial charge in [-0.3, -0.25) is 14.4 Å². The van der Waals surface area contributed by atoms with E-state index < -0.39 is 5.97 Å². The zero-order valence-corrected chi connectivity index (χ0v) is 12.1. The van der Waals surface area contributed by atoms with Gasteiger partial charge in [0.2, 0.25) is 0 Å². The number of aliphatic carboxylic acids is 1. The number of likely N-dealkylation sites (tertiary alicyclic amines) is 1. The zero-order chi connectivity index (χ0) is 15.4. The van der Waals surface area contributed by atoms with Crippen LogP contribution in [-0.2, 0) is 4.79 Å². The number of aromatic nitrogens is 1. The quantitative estimate of drug-likeness (QED) is 0.880. The Morgan fingerprint density at radius 2 is 2.14 bits per heavy atom. The number of H-pyrrole nitrogens is 1. The van der Waals surface area contributed by atoms with Crippen molar-refractivity contribution in [2.75, 3.05) is 6.54 Å². The molecule has 0 aliphatic carbocycles. The Bertz CT molecular complexity index is 594. The van der Waals surface area contributed by atoms with Gasteiger partial charge < -0.3 is 15.0 Å². The number of carbonyl (C=O) groups is 2. The van der Waals surface area contributed by atoms with E-state index in [0.29, 0.717) is 18.7 Å². The summed E-state index contributed by atoms with van der Waals surface area (Å²) in [6.07, 6.45) is 3.14. The van der Waals surface area contributed by atoms with Crippen LogP contribution in [0.4, 0.5) is 0 Å². The number of carboxylic acids is 1. The number of carbonyl (C=O) groups excluding carboxylic acids is 1. The maximum atomic E-state index is 12.5. The van der Waals surface area contributed by atoms with Gasteiger partial charge in [0, 0.05) is 24.7 Å². The first-order chi connectivity index (χ1) is 9.99. The summed E-state index contributed by atoms with van der Waals surface area (Å²) in [5.74, 6) is -1.16. The van der Waals surface area contributed by atoms with E-state index in [0.717, 1.165) is 19.3 Å². The van der Waals surface area contributed by atoms with Gasteiger partial charge in [0.05, 0.1) is 0 Å². The lowest BCUT2D eigenvalue weighted by Gasteiger charge is -2.35. The highest BCUT2D eigenvalue weighted by Gasteiger charge is 2.28. The van der Waals surface area contributed by atoms with E-state index in [9.17, 15) is 14.4 Å². The molecule has 0 aromatic carbocycles. The highest BCUT2D eigenvalue weighted by molar-refractivity contribution is 5.94. The van der Waals surface area contributed by atoms with E-state index in [-0.39, 0.29) is 29.5 Å². The maximum Gasteiger partial charge on any atom is 0.303 e. The van der Waals surface area contributed by atoms with Crippen LogP contribution in [0.3, 0.4) is 0 Å². The largest absolute Gasteiger partial charge is 0.481 e. The lowest BCUT2D eigenvalue weighted by molar-refractivity contribution is -0.137. The Hall–Kier alpha value is -2.11. The first kappa shape index (κ1) is 15.3. The topological polar surface area (TPSA) is 90.5 Å². The normalized spacial score (nSPS) is 18.5. The third kappa shape index (κ3) is 3.71. The Kier molecular flexibility index (Phi) is 4.77. The van der Waals surface area contributed by atoms with Crippen molar-refractivity contribution in [1.82, 2.24) is 9.88 Å². The number of pyridine rings is 1. The predicted octanol–water partition coefficient (Wildman–Crippen LogP) is 1.54. The molecule has 2 rings (SSSR count). The van der Waals surface area contributed by atoms with Crippen molar-refractivity contribution in [1.29, 1.82) is 0 Å². The van der Waals surface area contributed by atoms with E-state index >= 15 is 0 Å². The van der Waals surface area contributed by atoms with Crippen molar-refractivity contribution in [3.63, 3.8) is 0 Å². The second-order valence-electron chi connectivity index (χ2n) is 5.46. The van der Waals surface area contributed by atoms with Gasteiger partial charge in [-0.05, 0) is 44.7 Å². The van der Waals surface area contributed by atoms with Crippen molar-refractivity contribution >= 4 is 11.9 Å². The average molecular weight is 292 g/mol. The average Bonchev–Trinajstić information content (AvgIpc) is 2.45. The Morgan fingerprint density at radius 3 is 2.81 bits per heavy atom. The predicted molar refractivity (Wildman–Crippen MR) is 77.3 cm³/mol. The second-order valence-corrected chi connectivity index (χ2v) is 5.46. The summed E-state index contributed by atoms with van der Waals surface area (Å²) in [7, 11) is 0. The van der Waals surface area contributed by atoms with Crippen LogP contribution in [0.2, 0.25) is 0 Å². The van der Waals surface area contributed by atoms with Gasteiger partial charge in [-0.15, -0.1) is 0 Å². The molecule has 0 bridgehead atoms. The van der Waals surface area contributed by atoms with E-state index in [1.807, 2.05) is 0 Å². The van der Waals surface area contributed by atoms with Gasteiger partial charge in [-0.2, -0.15) is 0 Å². The molecule has 114 valence electrons. The van der Waals surface area contributed by atoms with Crippen LogP contribution in [0.25, 0.3) is 0 Å². The van der Waals surface area contributed by atoms with Crippen molar-refractivity contribution < 1.29 is 14.7 Å². The fourth-order valence-electron chi connectivity index (χ4n) is 2.75. The molecule has 1 aliphatic heterocycles. The van der Waals surface area contributed by atoms with Crippen LogP contribution in [0, 0.1) is 6.92 Å². The highest BCUT2D eigenvalue weighted by atomic mass is 16.4. The zero-order valence-electron chi connectivity index (χ0n) is 12.1. The third-order valence-electron chi connectivity index (χ3n) is 3.87. The lowest BCUT2D eigenvalue weighted by Crippen LogP contribution is -2.45. The minimum Gasteiger partial charge on any atom is -0.481 e. The van der Waals surface area contributed by atoms with Gasteiger partial charge in [0.1, 0.15) is 5.56 Å². The summed E-state index contributed by atoms with van der Waals surface area (Å²) in [5.41, 5.74) is 0.447. The Balaban J connectivity index is 2.18. The molecule has 0 spiro atoms. The molecule has 6 heteroatoms. The van der Waals surface area contributed by atoms with E-state index in [4.69, 9.17) is 5.11 Å². The molecule has 1 saturated heterocycles. The van der Waals surface area contributed by atoms with Crippen LogP contribution in [0.15, 0.2) is 16.9 Å². The third-order valence-corrected chi connectivity index (χ3v) is 3.87. The van der Waals surface area contributed by atoms with Crippen LogP contribution in [0.5, 0.6) is 0 Å². The molecule has 21 heavy (non-hydrogen) atoms. The van der Waals surface area contributed by atoms with E-state index in [1.165, 1.54) is 0 Å². The summed E-state index contributed by atoms with van der Waals surface area (Å²) in [6, 6.07) is 3.15. The molecule has 0 unspecified atom stereocenters. The number of hydrogen-bond donors (Lipinski definition) is 2. The number of aromatic amines is 1. The first-order valence-corrected chi connectivity index (χ1v) is 7.21. The first-order valence-electron chi connectivity index (χ1n) is 7.21. The maximum absolute atomic E-state index is 12.5. The molecule has 2 heterocycles. The molecule has 1 amide bonds. The summed E-state index contributed by atoms with van der Waals surface area (Å²) < 4.78 is 0. The number of rotatable bonds is 4. The fraction of sp³-hybridized carbons (Fsp3) is 0.533. The van der Waals surface area contributed by atoms with Crippen molar-refractivity contribution in [2.24, 2.45) is 0 Å². The summed E-state index contributed by atoms with van der Waals surface area (Å²) >= 11 is 0. The monoisotopic (exact) mass is 292 g/mol. The van der Waals surface area contributed by atoms with Crippen LogP contribution in [0.1, 0.15) is 48.2 Å². The number of piperidine rings is 1. The van der Waals surface area contributed by atoms with Gasteiger partial charge >= 0.3 is 5.97 Å². The molecular formula is C15H20N2O4. The minimum absolute atomic E-state index is 0.0404. The highest BCUT2D eigenvalue weighted by Crippen LogP contribution is 2.22. The molecule has 1 atom stereocenters. The van der Waals surface area contributed by atoms with Crippen molar-refractivity contribution in [2.45, 2.75) is 45.1 Å². The number of amides is 1. The second kappa shape index (κ2) is 6.56. The molecule has 1 fully saturated rings. The molecule has 1 aliphatic rings. The molecule has 1 aromatic heterocycles. The lowest BCUT2D eigenvalue weighted by atomic mass is 9.97. The Labute approximate surface area is 122 Å². The van der Waals surface area contributed by atoms with Crippen molar-refractivity contribution in [3.05, 3.63) is 33.7 Å². The molecule has 1 aromatic rings. The fourth-order valence-corrected chi connectivity index (χ4v) is 2.75. The molecule has 6 nitrogen and oxygen atoms in total. The van der Waals surface area contributed by atoms with Crippen LogP contribution < -0.4 is 5.56 Å². The van der Waals surface area contributed by atoms with Gasteiger partial charge in [0.25, 0.3) is 11.5 Å². The van der Waals surface area contributed by atoms with Crippen LogP contribution in [-0.4, -0.2) is 39.5 Å². The van der Waals surface area contributed by atoms with Crippen molar-refractivity contribution in [3.8, 4) is 0 Å². The molecule has 0 radical (unpaired) electrons. The Morgan fingerprint density at radius 1 is 1.38 bits per heavy atom. The summed E-state index contributed by atoms with van der Waals surface area (Å²) in [5, 5.41) is 8.80. The van der Waals surface area contributed by atoms with Gasteiger partial charge in [-0.25, -0.2) is 0 Å². The number of hydrogen-bond acceptors (Lipinski definition) is 3. The number of aryl methyl sites for hydroxylation is 1. The van der Waals surface area contributed by atoms with Gasteiger partial charge in [-0.1, -0.05) is 0 Å². The number of nitrogens with one attached hydrogen (secondary N) is 1. The minimum atomic E-state index is -0.860. The van der Waals surface area contributed by atoms with E-state index in [2.05, 4.69) is 4.98 Å². The van der Waals surface area contributed by atoms with E-state index in [1.54, 1.807) is 24.0 Å². The molecular weight excluding hydrogens is 272 g/mol. The molecule has 2 N–H and O–H groups in total. The number of nitrogens with zero attached hydrogens (tertiary/aromatic N) is 1. The summed E-state index contributed by atoms with van der Waals surface area (Å²) in [4.78, 5) is 39.5. The van der Waals surface area contributed by atoms with Gasteiger partial charge in [0.15, 0.2) is 0 Å². The standard InChI is InChI=1S/C15H20N2O4/c1-10-5-7-12(14(20)16-10)15(21)17-9-3-2-4-11(17)6-8-13(18)19/h5,7,11H,2-4,6,8-9H2,1H3,(H,16,20)(H,18,19)/t11-/m1/s1. The SMILES string of the molecule is Cc1ccc(C(=O)N2CCCC[C@@H]2CCC(=O)O)c(=O)[nH]1. The smallest absolute Gasteiger partial charge is 0.303 e. The summed E-state index contributed by atoms with van der Waals surface area (Å²) in [6.45, 7) is 2.34. The molecule has 0 saturated carbocycles.